The van der Waals surface area contributed by atoms with Crippen molar-refractivity contribution in [1.29, 1.82) is 0 Å². The molecule has 2 rings (SSSR count). The predicted molar refractivity (Wildman–Crippen MR) is 146 cm³/mol. The van der Waals surface area contributed by atoms with E-state index < -0.39 is 5.97 Å². The molecule has 0 aromatic heterocycles. The van der Waals surface area contributed by atoms with Crippen molar-refractivity contribution in [3.8, 4) is 17.2 Å². The average Bonchev–Trinajstić information content (AvgIpc) is 2.88. The van der Waals surface area contributed by atoms with Gasteiger partial charge in [-0.1, -0.05) is 74.2 Å². The van der Waals surface area contributed by atoms with Crippen molar-refractivity contribution in [3.05, 3.63) is 52.0 Å². The molecule has 36 heavy (non-hydrogen) atoms. The summed E-state index contributed by atoms with van der Waals surface area (Å²) < 4.78 is 16.8. The number of hydrogen-bond acceptors (Lipinski definition) is 6. The van der Waals surface area contributed by atoms with Gasteiger partial charge < -0.3 is 14.2 Å². The second-order valence-electron chi connectivity index (χ2n) is 8.51. The third-order valence-corrected chi connectivity index (χ3v) is 6.19. The largest absolute Gasteiger partial charge is 0.493 e. The number of hydrogen-bond donors (Lipinski definition) is 1. The van der Waals surface area contributed by atoms with E-state index in [0.717, 1.165) is 23.7 Å². The molecule has 0 aliphatic carbocycles. The molecule has 0 fully saturated rings. The van der Waals surface area contributed by atoms with Gasteiger partial charge in [-0.15, -0.1) is 0 Å². The average molecular weight is 562 g/mol. The maximum atomic E-state index is 12.7. The van der Waals surface area contributed by atoms with E-state index in [1.807, 2.05) is 0 Å². The number of carbonyl (C=O) groups is 2. The fourth-order valence-electron chi connectivity index (χ4n) is 3.66. The summed E-state index contributed by atoms with van der Waals surface area (Å²) in [5.74, 6) is 0.577. The second kappa shape index (κ2) is 16.7. The first-order valence-electron chi connectivity index (χ1n) is 12.5. The highest BCUT2D eigenvalue weighted by Gasteiger charge is 2.15. The maximum absolute atomic E-state index is 12.7. The fourth-order valence-corrected chi connectivity index (χ4v) is 4.04. The van der Waals surface area contributed by atoms with Gasteiger partial charge in [0.2, 0.25) is 5.91 Å². The normalized spacial score (nSPS) is 10.9. The van der Waals surface area contributed by atoms with Gasteiger partial charge in [0.1, 0.15) is 5.75 Å². The molecule has 0 atom stereocenters. The van der Waals surface area contributed by atoms with Gasteiger partial charge in [0.15, 0.2) is 11.5 Å². The van der Waals surface area contributed by atoms with Crippen LogP contribution < -0.4 is 19.6 Å². The van der Waals surface area contributed by atoms with E-state index >= 15 is 0 Å². The minimum Gasteiger partial charge on any atom is -0.493 e. The zero-order chi connectivity index (χ0) is 26.2. The fraction of sp³-hybridized carbons (Fsp3) is 0.464. The molecule has 1 N–H and O–H groups in total. The Labute approximate surface area is 222 Å². The number of esters is 1. The van der Waals surface area contributed by atoms with Crippen LogP contribution in [0.25, 0.3) is 0 Å². The van der Waals surface area contributed by atoms with Gasteiger partial charge >= 0.3 is 5.97 Å². The number of hydrazone groups is 1. The van der Waals surface area contributed by atoms with E-state index in [1.54, 1.807) is 36.4 Å². The number of nitrogens with one attached hydrogen (secondary N) is 1. The highest BCUT2D eigenvalue weighted by atomic mass is 79.9. The van der Waals surface area contributed by atoms with Crippen molar-refractivity contribution in [2.24, 2.45) is 5.10 Å². The van der Waals surface area contributed by atoms with Gasteiger partial charge in [0.25, 0.3) is 0 Å². The smallest absolute Gasteiger partial charge is 0.343 e. The minimum absolute atomic E-state index is 0.131. The molecule has 0 saturated carbocycles. The zero-order valence-corrected chi connectivity index (χ0v) is 23.1. The van der Waals surface area contributed by atoms with Gasteiger partial charge in [0.05, 0.1) is 26.0 Å². The molecule has 7 nitrogen and oxygen atoms in total. The number of halogens is 1. The Bertz CT molecular complexity index is 1010. The molecular weight excluding hydrogens is 524 g/mol. The molecular formula is C28H37BrN2O5. The van der Waals surface area contributed by atoms with E-state index in [4.69, 9.17) is 14.2 Å². The van der Waals surface area contributed by atoms with Crippen LogP contribution in [0.15, 0.2) is 46.0 Å². The van der Waals surface area contributed by atoms with E-state index in [2.05, 4.69) is 33.4 Å². The van der Waals surface area contributed by atoms with Crippen molar-refractivity contribution >= 4 is 34.0 Å². The topological polar surface area (TPSA) is 86.2 Å². The van der Waals surface area contributed by atoms with Gasteiger partial charge in [0, 0.05) is 16.5 Å². The van der Waals surface area contributed by atoms with Crippen LogP contribution in [-0.4, -0.2) is 32.3 Å². The third kappa shape index (κ3) is 10.4. The number of ether oxygens (including phenoxy) is 3. The summed E-state index contributed by atoms with van der Waals surface area (Å²) in [6.45, 7) is 2.23. The molecule has 0 radical (unpaired) electrons. The summed E-state index contributed by atoms with van der Waals surface area (Å²) in [4.78, 5) is 24.8. The van der Waals surface area contributed by atoms with Crippen LogP contribution >= 0.6 is 15.9 Å². The molecule has 2 aromatic rings. The number of amides is 1. The molecule has 0 spiro atoms. The SMILES string of the molecule is CCCCCCCCCCCC(=O)NN=Cc1cc(Br)ccc1OC(=O)c1ccc(OC)c(OC)c1. The van der Waals surface area contributed by atoms with E-state index in [9.17, 15) is 9.59 Å². The van der Waals surface area contributed by atoms with Crippen molar-refractivity contribution in [1.82, 2.24) is 5.43 Å². The lowest BCUT2D eigenvalue weighted by Gasteiger charge is -2.11. The number of nitrogens with zero attached hydrogens (tertiary/aromatic N) is 1. The number of rotatable bonds is 16. The predicted octanol–water partition coefficient (Wildman–Crippen LogP) is 7.06. The summed E-state index contributed by atoms with van der Waals surface area (Å²) in [6, 6.07) is 9.98. The molecule has 1 amide bonds. The van der Waals surface area contributed by atoms with Crippen molar-refractivity contribution in [3.63, 3.8) is 0 Å². The first-order valence-corrected chi connectivity index (χ1v) is 13.3. The third-order valence-electron chi connectivity index (χ3n) is 5.69. The van der Waals surface area contributed by atoms with E-state index in [1.165, 1.54) is 59.0 Å². The van der Waals surface area contributed by atoms with E-state index in [0.29, 0.717) is 34.8 Å². The minimum atomic E-state index is -0.553. The Morgan fingerprint density at radius 1 is 0.861 bits per heavy atom. The lowest BCUT2D eigenvalue weighted by molar-refractivity contribution is -0.121. The van der Waals surface area contributed by atoms with Crippen molar-refractivity contribution in [2.75, 3.05) is 14.2 Å². The molecule has 196 valence electrons. The number of carbonyl (C=O) groups excluding carboxylic acids is 2. The Balaban J connectivity index is 1.85. The molecule has 0 saturated heterocycles. The molecule has 2 aromatic carbocycles. The van der Waals surface area contributed by atoms with Crippen LogP contribution in [0.3, 0.4) is 0 Å². The van der Waals surface area contributed by atoms with Crippen LogP contribution in [-0.2, 0) is 4.79 Å². The Morgan fingerprint density at radius 2 is 1.50 bits per heavy atom. The van der Waals surface area contributed by atoms with Crippen LogP contribution in [0.1, 0.15) is 87.1 Å². The van der Waals surface area contributed by atoms with Gasteiger partial charge in [-0.3, -0.25) is 4.79 Å². The first kappa shape index (κ1) is 29.4. The van der Waals surface area contributed by atoms with Gasteiger partial charge in [-0.25, -0.2) is 10.2 Å². The lowest BCUT2D eigenvalue weighted by atomic mass is 10.1. The molecule has 0 bridgehead atoms. The second-order valence-corrected chi connectivity index (χ2v) is 9.43. The van der Waals surface area contributed by atoms with Crippen LogP contribution in [0.5, 0.6) is 17.2 Å². The van der Waals surface area contributed by atoms with Crippen LogP contribution in [0.4, 0.5) is 0 Å². The highest BCUT2D eigenvalue weighted by molar-refractivity contribution is 9.10. The zero-order valence-electron chi connectivity index (χ0n) is 21.5. The number of benzene rings is 2. The van der Waals surface area contributed by atoms with Crippen LogP contribution in [0.2, 0.25) is 0 Å². The van der Waals surface area contributed by atoms with Gasteiger partial charge in [-0.2, -0.15) is 5.10 Å². The van der Waals surface area contributed by atoms with Gasteiger partial charge in [-0.05, 0) is 42.8 Å². The van der Waals surface area contributed by atoms with Crippen molar-refractivity contribution < 1.29 is 23.8 Å². The quantitative estimate of drug-likeness (QED) is 0.0780. The summed E-state index contributed by atoms with van der Waals surface area (Å²) >= 11 is 3.42. The van der Waals surface area contributed by atoms with Crippen molar-refractivity contribution in [2.45, 2.75) is 71.1 Å². The number of unbranched alkanes of at least 4 members (excludes halogenated alkanes) is 8. The Kier molecular flexibility index (Phi) is 13.7. The molecule has 0 aliphatic heterocycles. The summed E-state index contributed by atoms with van der Waals surface area (Å²) in [5, 5.41) is 4.06. The summed E-state index contributed by atoms with van der Waals surface area (Å²) in [7, 11) is 3.03. The lowest BCUT2D eigenvalue weighted by Crippen LogP contribution is -2.17. The Hall–Kier alpha value is -2.87. The summed E-state index contributed by atoms with van der Waals surface area (Å²) in [6.07, 6.45) is 12.7. The maximum Gasteiger partial charge on any atom is 0.343 e. The first-order chi connectivity index (χ1) is 17.5. The summed E-state index contributed by atoms with van der Waals surface area (Å²) in [5.41, 5.74) is 3.42. The van der Waals surface area contributed by atoms with E-state index in [-0.39, 0.29) is 5.91 Å². The molecule has 0 unspecified atom stereocenters. The highest BCUT2D eigenvalue weighted by Crippen LogP contribution is 2.29. The monoisotopic (exact) mass is 560 g/mol. The standard InChI is InChI=1S/C28H37BrN2O5/c1-4-5-6-7-8-9-10-11-12-13-27(32)31-30-20-22-18-23(29)15-17-24(22)36-28(33)21-14-16-25(34-2)26(19-21)35-3/h14-20H,4-13H2,1-3H3,(H,31,32). The van der Waals surface area contributed by atoms with Crippen LogP contribution in [0, 0.1) is 0 Å². The Morgan fingerprint density at radius 3 is 2.17 bits per heavy atom. The number of methoxy groups -OCH3 is 2. The molecule has 0 aliphatic rings. The molecule has 0 heterocycles. The molecule has 8 heteroatoms.